The minimum Gasteiger partial charge on any atom is -0.370 e. The average molecular weight is 414 g/mol. The maximum Gasteiger partial charge on any atom is 0.0627 e. The van der Waals surface area contributed by atoms with Crippen molar-refractivity contribution < 1.29 is 0 Å². The van der Waals surface area contributed by atoms with Gasteiger partial charge in [-0.2, -0.15) is 0 Å². The highest BCUT2D eigenvalue weighted by atomic mass is 15.1. The molecule has 0 bridgehead atoms. The van der Waals surface area contributed by atoms with Crippen LogP contribution in [0.5, 0.6) is 0 Å². The van der Waals surface area contributed by atoms with Crippen molar-refractivity contribution in [3.8, 4) is 0 Å². The summed E-state index contributed by atoms with van der Waals surface area (Å²) in [5.41, 5.74) is 9.67. The summed E-state index contributed by atoms with van der Waals surface area (Å²) in [5.74, 6) is 0. The second-order valence-corrected chi connectivity index (χ2v) is 8.40. The van der Waals surface area contributed by atoms with Crippen LogP contribution < -0.4 is 4.90 Å². The van der Waals surface area contributed by atoms with E-state index in [-0.39, 0.29) is 5.41 Å². The first-order valence-electron chi connectivity index (χ1n) is 11.0. The molecule has 1 aliphatic heterocycles. The molecule has 0 saturated heterocycles. The average Bonchev–Trinajstić information content (AvgIpc) is 3.05. The summed E-state index contributed by atoms with van der Waals surface area (Å²) in [6, 6.07) is 28.3. The highest BCUT2D eigenvalue weighted by Gasteiger charge is 2.46. The summed E-state index contributed by atoms with van der Waals surface area (Å²) in [6.07, 6.45) is 10.3. The minimum absolute atomic E-state index is 0.363. The molecule has 1 unspecified atom stereocenters. The Hall–Kier alpha value is -3.84. The first-order valence-corrected chi connectivity index (χ1v) is 11.0. The Kier molecular flexibility index (Phi) is 5.03. The Balaban J connectivity index is 1.85. The number of benzene rings is 3. The van der Waals surface area contributed by atoms with Crippen molar-refractivity contribution in [2.75, 3.05) is 18.5 Å². The van der Waals surface area contributed by atoms with E-state index in [2.05, 4.69) is 122 Å². The lowest BCUT2D eigenvalue weighted by Gasteiger charge is -2.34. The minimum atomic E-state index is -0.363. The van der Waals surface area contributed by atoms with Crippen molar-refractivity contribution in [2.45, 2.75) is 5.41 Å². The van der Waals surface area contributed by atoms with Crippen molar-refractivity contribution in [2.24, 2.45) is 0 Å². The summed E-state index contributed by atoms with van der Waals surface area (Å²) >= 11 is 0. The van der Waals surface area contributed by atoms with E-state index in [1.54, 1.807) is 0 Å². The van der Waals surface area contributed by atoms with Gasteiger partial charge in [0.25, 0.3) is 0 Å². The maximum absolute atomic E-state index is 4.62. The number of likely N-dealkylation sites (N-methyl/N-ethyl adjacent to an activating group) is 1. The molecule has 0 amide bonds. The fourth-order valence-electron chi connectivity index (χ4n) is 5.29. The summed E-state index contributed by atoms with van der Waals surface area (Å²) in [4.78, 5) is 2.36. The molecule has 0 aromatic heterocycles. The summed E-state index contributed by atoms with van der Waals surface area (Å²) in [5, 5.41) is 0. The van der Waals surface area contributed by atoms with Gasteiger partial charge in [-0.05, 0) is 39.5 Å². The molecule has 1 atom stereocenters. The molecule has 3 aromatic rings. The number of nitrogens with zero attached hydrogens (tertiary/aromatic N) is 1. The van der Waals surface area contributed by atoms with Crippen LogP contribution in [0.15, 0.2) is 128 Å². The molecule has 1 nitrogen and oxygen atoms in total. The van der Waals surface area contributed by atoms with E-state index in [9.17, 15) is 0 Å². The lowest BCUT2D eigenvalue weighted by molar-refractivity contribution is 0.742. The van der Waals surface area contributed by atoms with E-state index in [1.807, 2.05) is 12.2 Å². The SMILES string of the molecule is C=C/C=C\C=CC1(c2ccccc2)C2=C(C(=C)c3ccccc3N(C)C2)c2ccccc21. The van der Waals surface area contributed by atoms with Crippen LogP contribution in [-0.4, -0.2) is 13.6 Å². The molecule has 32 heavy (non-hydrogen) atoms. The van der Waals surface area contributed by atoms with Gasteiger partial charge >= 0.3 is 0 Å². The number of allylic oxidation sites excluding steroid dienone is 7. The largest absolute Gasteiger partial charge is 0.370 e. The lowest BCUT2D eigenvalue weighted by Crippen LogP contribution is -2.32. The fraction of sp³-hybridized carbons (Fsp3) is 0.0968. The van der Waals surface area contributed by atoms with E-state index < -0.39 is 0 Å². The molecule has 0 saturated carbocycles. The molecule has 5 rings (SSSR count). The van der Waals surface area contributed by atoms with Gasteiger partial charge in [0.2, 0.25) is 0 Å². The first kappa shape index (κ1) is 20.1. The second kappa shape index (κ2) is 8.01. The normalized spacial score (nSPS) is 19.8. The fourth-order valence-corrected chi connectivity index (χ4v) is 5.29. The monoisotopic (exact) mass is 413 g/mol. The van der Waals surface area contributed by atoms with Gasteiger partial charge in [0.1, 0.15) is 0 Å². The third-order valence-corrected chi connectivity index (χ3v) is 6.67. The summed E-state index contributed by atoms with van der Waals surface area (Å²) in [7, 11) is 2.18. The van der Waals surface area contributed by atoms with Crippen molar-refractivity contribution >= 4 is 16.8 Å². The standard InChI is InChI=1S/C31H27N/c1-4-5-6-14-21-31(24-15-8-7-9-16-24)27-19-12-10-18-26(27)30-23(2)25-17-11-13-20-29(25)32(3)22-28(30)31/h4-21H,1-2,22H2,3H3/b6-5-,21-14?. The molecular weight excluding hydrogens is 386 g/mol. The van der Waals surface area contributed by atoms with Crippen LogP contribution in [0.25, 0.3) is 11.1 Å². The van der Waals surface area contributed by atoms with Gasteiger partial charge in [0.15, 0.2) is 0 Å². The number of anilines is 1. The molecule has 156 valence electrons. The topological polar surface area (TPSA) is 3.24 Å². The zero-order chi connectivity index (χ0) is 22.1. The van der Waals surface area contributed by atoms with Crippen LogP contribution in [0.4, 0.5) is 5.69 Å². The van der Waals surface area contributed by atoms with Gasteiger partial charge in [-0.15, -0.1) is 0 Å². The van der Waals surface area contributed by atoms with Crippen LogP contribution >= 0.6 is 0 Å². The van der Waals surface area contributed by atoms with E-state index >= 15 is 0 Å². The molecule has 0 radical (unpaired) electrons. The lowest BCUT2D eigenvalue weighted by atomic mass is 9.71. The first-order chi connectivity index (χ1) is 15.7. The summed E-state index contributed by atoms with van der Waals surface area (Å²) < 4.78 is 0. The third kappa shape index (κ3) is 2.93. The Labute approximate surface area is 191 Å². The molecule has 0 fully saturated rings. The molecule has 3 aromatic carbocycles. The van der Waals surface area contributed by atoms with Crippen LogP contribution in [0, 0.1) is 0 Å². The molecule has 0 spiro atoms. The number of hydrogen-bond donors (Lipinski definition) is 0. The van der Waals surface area contributed by atoms with Gasteiger partial charge in [0, 0.05) is 24.8 Å². The van der Waals surface area contributed by atoms with Crippen molar-refractivity contribution in [1.29, 1.82) is 0 Å². The maximum atomic E-state index is 4.62. The van der Waals surface area contributed by atoms with Crippen molar-refractivity contribution in [3.63, 3.8) is 0 Å². The van der Waals surface area contributed by atoms with Gasteiger partial charge in [0.05, 0.1) is 5.41 Å². The predicted molar refractivity (Wildman–Crippen MR) is 138 cm³/mol. The Bertz CT molecular complexity index is 1290. The highest BCUT2D eigenvalue weighted by molar-refractivity contribution is 6.12. The Morgan fingerprint density at radius 3 is 2.28 bits per heavy atom. The van der Waals surface area contributed by atoms with Crippen LogP contribution in [0.3, 0.4) is 0 Å². The van der Waals surface area contributed by atoms with Gasteiger partial charge < -0.3 is 4.90 Å². The van der Waals surface area contributed by atoms with E-state index in [0.717, 1.165) is 12.1 Å². The van der Waals surface area contributed by atoms with Crippen molar-refractivity contribution in [3.05, 3.63) is 150 Å². The Morgan fingerprint density at radius 1 is 0.812 bits per heavy atom. The second-order valence-electron chi connectivity index (χ2n) is 8.40. The predicted octanol–water partition coefficient (Wildman–Crippen LogP) is 7.20. The van der Waals surface area contributed by atoms with E-state index in [4.69, 9.17) is 0 Å². The molecule has 0 N–H and O–H groups in total. The number of rotatable bonds is 4. The van der Waals surface area contributed by atoms with Gasteiger partial charge in [-0.25, -0.2) is 0 Å². The number of hydrogen-bond acceptors (Lipinski definition) is 1. The summed E-state index contributed by atoms with van der Waals surface area (Å²) in [6.45, 7) is 9.26. The van der Waals surface area contributed by atoms with Crippen LogP contribution in [-0.2, 0) is 5.41 Å². The van der Waals surface area contributed by atoms with E-state index in [1.165, 1.54) is 39.1 Å². The quantitative estimate of drug-likeness (QED) is 0.409. The third-order valence-electron chi connectivity index (χ3n) is 6.67. The van der Waals surface area contributed by atoms with Crippen LogP contribution in [0.2, 0.25) is 0 Å². The smallest absolute Gasteiger partial charge is 0.0627 e. The van der Waals surface area contributed by atoms with Gasteiger partial charge in [-0.1, -0.05) is 116 Å². The zero-order valence-corrected chi connectivity index (χ0v) is 18.5. The molecule has 1 heteroatoms. The highest BCUT2D eigenvalue weighted by Crippen LogP contribution is 2.56. The van der Waals surface area contributed by atoms with Crippen LogP contribution in [0.1, 0.15) is 22.3 Å². The molecule has 1 heterocycles. The zero-order valence-electron chi connectivity index (χ0n) is 18.5. The van der Waals surface area contributed by atoms with Crippen molar-refractivity contribution in [1.82, 2.24) is 0 Å². The molecule has 1 aliphatic carbocycles. The molecular formula is C31H27N. The van der Waals surface area contributed by atoms with Gasteiger partial charge in [-0.3, -0.25) is 0 Å². The molecule has 2 aliphatic rings. The van der Waals surface area contributed by atoms with E-state index in [0.29, 0.717) is 0 Å². The number of fused-ring (bicyclic) bond motifs is 3. The Morgan fingerprint density at radius 2 is 1.50 bits per heavy atom. The number of para-hydroxylation sites is 1.